The summed E-state index contributed by atoms with van der Waals surface area (Å²) < 4.78 is 29.6. The molecule has 0 saturated heterocycles. The number of hydrogen-bond donors (Lipinski definition) is 1. The lowest BCUT2D eigenvalue weighted by molar-refractivity contribution is 0.160. The van der Waals surface area contributed by atoms with Crippen molar-refractivity contribution in [3.8, 4) is 17.2 Å². The van der Waals surface area contributed by atoms with Crippen LogP contribution in [-0.2, 0) is 6.42 Å². The lowest BCUT2D eigenvalue weighted by Gasteiger charge is -2.22. The molecule has 0 amide bonds. The number of hydrogen-bond acceptors (Lipinski definition) is 4. The number of fused-ring (bicyclic) bond motifs is 1. The quantitative estimate of drug-likeness (QED) is 0.873. The minimum absolute atomic E-state index is 0.0856. The molecule has 0 bridgehead atoms. The molecule has 94 valence electrons. The molecule has 1 aromatic carbocycles. The highest BCUT2D eigenvalue weighted by Gasteiger charge is 2.24. The summed E-state index contributed by atoms with van der Waals surface area (Å²) in [5.41, 5.74) is 0.573. The molecule has 0 saturated carbocycles. The molecule has 1 aromatic rings. The number of benzene rings is 1. The summed E-state index contributed by atoms with van der Waals surface area (Å²) in [6.07, 6.45) is -0.276. The van der Waals surface area contributed by atoms with E-state index in [1.54, 1.807) is 13.0 Å². The van der Waals surface area contributed by atoms with Gasteiger partial charge in [-0.15, -0.1) is 0 Å². The summed E-state index contributed by atoms with van der Waals surface area (Å²) in [5.74, 6) is -0.0110. The summed E-state index contributed by atoms with van der Waals surface area (Å²) in [7, 11) is 1.39. The van der Waals surface area contributed by atoms with Crippen LogP contribution in [0.4, 0.5) is 4.39 Å². The molecule has 1 atom stereocenters. The second kappa shape index (κ2) is 4.79. The van der Waals surface area contributed by atoms with Crippen LogP contribution < -0.4 is 14.2 Å². The van der Waals surface area contributed by atoms with Crippen molar-refractivity contribution in [1.29, 1.82) is 0 Å². The fourth-order valence-corrected chi connectivity index (χ4v) is 1.87. The number of aliphatic hydroxyl groups is 1. The molecule has 0 aliphatic carbocycles. The third-order valence-corrected chi connectivity index (χ3v) is 2.53. The number of aliphatic hydroxyl groups excluding tert-OH is 1. The van der Waals surface area contributed by atoms with E-state index in [0.29, 0.717) is 30.9 Å². The molecule has 0 aromatic heterocycles. The van der Waals surface area contributed by atoms with Gasteiger partial charge < -0.3 is 19.3 Å². The highest BCUT2D eigenvalue weighted by Crippen LogP contribution is 2.40. The van der Waals surface area contributed by atoms with Crippen LogP contribution in [0.25, 0.3) is 0 Å². The van der Waals surface area contributed by atoms with Gasteiger partial charge in [0.2, 0.25) is 11.6 Å². The number of ether oxygens (including phenoxy) is 3. The first-order chi connectivity index (χ1) is 8.13. The Bertz CT molecular complexity index is 417. The highest BCUT2D eigenvalue weighted by molar-refractivity contribution is 5.53. The average molecular weight is 242 g/mol. The predicted molar refractivity (Wildman–Crippen MR) is 59.3 cm³/mol. The average Bonchev–Trinajstić information content (AvgIpc) is 2.29. The Hall–Kier alpha value is -1.49. The molecular formula is C12H15FO4. The van der Waals surface area contributed by atoms with Crippen LogP contribution in [0.3, 0.4) is 0 Å². The Morgan fingerprint density at radius 2 is 2.18 bits per heavy atom. The summed E-state index contributed by atoms with van der Waals surface area (Å²) in [6, 6.07) is 1.66. The van der Waals surface area contributed by atoms with Crippen molar-refractivity contribution in [2.24, 2.45) is 0 Å². The van der Waals surface area contributed by atoms with Crippen molar-refractivity contribution in [2.75, 3.05) is 20.3 Å². The van der Waals surface area contributed by atoms with Crippen LogP contribution in [0, 0.1) is 5.82 Å². The first-order valence-corrected chi connectivity index (χ1v) is 5.46. The Balaban J connectivity index is 2.48. The van der Waals surface area contributed by atoms with Crippen LogP contribution in [0.2, 0.25) is 0 Å². The highest BCUT2D eigenvalue weighted by atomic mass is 19.1. The lowest BCUT2D eigenvalue weighted by Crippen LogP contribution is -2.18. The van der Waals surface area contributed by atoms with Gasteiger partial charge in [0, 0.05) is 12.0 Å². The molecule has 1 unspecified atom stereocenters. The maximum atomic E-state index is 14.1. The molecule has 0 radical (unpaired) electrons. The molecule has 0 fully saturated rings. The molecule has 2 rings (SSSR count). The van der Waals surface area contributed by atoms with Gasteiger partial charge in [-0.1, -0.05) is 0 Å². The Labute approximate surface area is 98.9 Å². The van der Waals surface area contributed by atoms with Crippen LogP contribution >= 0.6 is 0 Å². The fourth-order valence-electron chi connectivity index (χ4n) is 1.87. The van der Waals surface area contributed by atoms with Gasteiger partial charge in [0.15, 0.2) is 11.5 Å². The molecule has 0 spiro atoms. The van der Waals surface area contributed by atoms with E-state index in [-0.39, 0.29) is 11.5 Å². The van der Waals surface area contributed by atoms with E-state index < -0.39 is 11.9 Å². The molecule has 4 nitrogen and oxygen atoms in total. The Kier molecular flexibility index (Phi) is 3.38. The van der Waals surface area contributed by atoms with Crippen molar-refractivity contribution in [1.82, 2.24) is 0 Å². The molecule has 1 heterocycles. The largest absolute Gasteiger partial charge is 0.493 e. The number of methoxy groups -OCH3 is 1. The zero-order chi connectivity index (χ0) is 12.4. The SMILES string of the molecule is COc1c(CC(C)O)cc2c(c1F)OCCO2. The monoisotopic (exact) mass is 242 g/mol. The zero-order valence-corrected chi connectivity index (χ0v) is 9.83. The van der Waals surface area contributed by atoms with Gasteiger partial charge in [0.1, 0.15) is 13.2 Å². The van der Waals surface area contributed by atoms with Gasteiger partial charge in [0.05, 0.1) is 13.2 Å². The fraction of sp³-hybridized carbons (Fsp3) is 0.500. The van der Waals surface area contributed by atoms with E-state index in [0.717, 1.165) is 0 Å². The number of halogens is 1. The zero-order valence-electron chi connectivity index (χ0n) is 9.83. The van der Waals surface area contributed by atoms with Gasteiger partial charge in [0.25, 0.3) is 0 Å². The van der Waals surface area contributed by atoms with E-state index >= 15 is 0 Å². The molecule has 1 N–H and O–H groups in total. The van der Waals surface area contributed by atoms with Gasteiger partial charge in [-0.2, -0.15) is 4.39 Å². The van der Waals surface area contributed by atoms with E-state index in [2.05, 4.69) is 0 Å². The molecule has 5 heteroatoms. The minimum atomic E-state index is -0.578. The van der Waals surface area contributed by atoms with Crippen LogP contribution in [-0.4, -0.2) is 31.5 Å². The molecular weight excluding hydrogens is 227 g/mol. The normalized spacial score (nSPS) is 15.5. The smallest absolute Gasteiger partial charge is 0.210 e. The first-order valence-electron chi connectivity index (χ1n) is 5.46. The first kappa shape index (κ1) is 12.0. The molecule has 1 aliphatic rings. The van der Waals surface area contributed by atoms with E-state index in [1.165, 1.54) is 7.11 Å². The lowest BCUT2D eigenvalue weighted by atomic mass is 10.1. The van der Waals surface area contributed by atoms with Crippen molar-refractivity contribution in [2.45, 2.75) is 19.4 Å². The van der Waals surface area contributed by atoms with Crippen LogP contribution in [0.15, 0.2) is 6.07 Å². The van der Waals surface area contributed by atoms with Gasteiger partial charge >= 0.3 is 0 Å². The molecule has 1 aliphatic heterocycles. The second-order valence-corrected chi connectivity index (χ2v) is 3.96. The number of rotatable bonds is 3. The summed E-state index contributed by atoms with van der Waals surface area (Å²) >= 11 is 0. The van der Waals surface area contributed by atoms with Crippen molar-refractivity contribution < 1.29 is 23.7 Å². The maximum Gasteiger partial charge on any atom is 0.210 e. The predicted octanol–water partition coefficient (Wildman–Crippen LogP) is 1.53. The maximum absolute atomic E-state index is 14.1. The topological polar surface area (TPSA) is 47.9 Å². The second-order valence-electron chi connectivity index (χ2n) is 3.96. The third-order valence-electron chi connectivity index (χ3n) is 2.53. The standard InChI is InChI=1S/C12H15FO4/c1-7(14)5-8-6-9-12(17-4-3-16-9)10(13)11(8)15-2/h6-7,14H,3-5H2,1-2H3. The van der Waals surface area contributed by atoms with E-state index in [4.69, 9.17) is 14.2 Å². The van der Waals surface area contributed by atoms with Crippen LogP contribution in [0.5, 0.6) is 17.2 Å². The summed E-state index contributed by atoms with van der Waals surface area (Å²) in [4.78, 5) is 0. The minimum Gasteiger partial charge on any atom is -0.493 e. The van der Waals surface area contributed by atoms with Gasteiger partial charge in [-0.25, -0.2) is 0 Å². The summed E-state index contributed by atoms with van der Waals surface area (Å²) in [6.45, 7) is 2.35. The van der Waals surface area contributed by atoms with E-state index in [9.17, 15) is 9.50 Å². The molecule has 17 heavy (non-hydrogen) atoms. The van der Waals surface area contributed by atoms with E-state index in [1.807, 2.05) is 0 Å². The third kappa shape index (κ3) is 2.29. The van der Waals surface area contributed by atoms with Gasteiger partial charge in [-0.3, -0.25) is 0 Å². The van der Waals surface area contributed by atoms with Crippen molar-refractivity contribution in [3.05, 3.63) is 17.4 Å². The Morgan fingerprint density at radius 3 is 2.82 bits per heavy atom. The van der Waals surface area contributed by atoms with Crippen molar-refractivity contribution in [3.63, 3.8) is 0 Å². The Morgan fingerprint density at radius 1 is 1.47 bits per heavy atom. The van der Waals surface area contributed by atoms with Crippen molar-refractivity contribution >= 4 is 0 Å². The van der Waals surface area contributed by atoms with Gasteiger partial charge in [-0.05, 0) is 13.0 Å². The summed E-state index contributed by atoms with van der Waals surface area (Å²) in [5, 5.41) is 9.37. The van der Waals surface area contributed by atoms with Crippen LogP contribution in [0.1, 0.15) is 12.5 Å².